The van der Waals surface area contributed by atoms with Crippen LogP contribution in [0.15, 0.2) is 54.6 Å². The number of ether oxygens (including phenoxy) is 4. The summed E-state index contributed by atoms with van der Waals surface area (Å²) in [6.07, 6.45) is 4.20. The molecule has 1 N–H and O–H groups in total. The van der Waals surface area contributed by atoms with Gasteiger partial charge in [-0.3, -0.25) is 9.59 Å². The number of carbonyl (C=O) groups is 2. The lowest BCUT2D eigenvalue weighted by molar-refractivity contribution is -0.135. The standard InChI is InChI=1S/C26H28N2O6/c1-31-19-13-17(14-20(32-2)23(19)33-3)27-24(29)21-18-9-11-26(34-18)15-28(25(30)22(21)26)12-10-16-7-5-4-6-8-16/h4-9,11,13-14,18,21-22H,10,12,15H2,1-3H3,(H,27,29)/t18-,21-,22-,26+/m1/s1. The smallest absolute Gasteiger partial charge is 0.231 e. The van der Waals surface area contributed by atoms with Crippen molar-refractivity contribution >= 4 is 17.5 Å². The first-order chi connectivity index (χ1) is 16.5. The van der Waals surface area contributed by atoms with E-state index < -0.39 is 23.5 Å². The van der Waals surface area contributed by atoms with Crippen LogP contribution >= 0.6 is 0 Å². The predicted molar refractivity (Wildman–Crippen MR) is 125 cm³/mol. The number of hydrogen-bond acceptors (Lipinski definition) is 6. The van der Waals surface area contributed by atoms with Gasteiger partial charge < -0.3 is 29.2 Å². The van der Waals surface area contributed by atoms with Crippen LogP contribution in [0.2, 0.25) is 0 Å². The predicted octanol–water partition coefficient (Wildman–Crippen LogP) is 2.68. The molecule has 0 aliphatic carbocycles. The van der Waals surface area contributed by atoms with Gasteiger partial charge in [0.15, 0.2) is 11.5 Å². The topological polar surface area (TPSA) is 86.3 Å². The van der Waals surface area contributed by atoms with E-state index in [4.69, 9.17) is 18.9 Å². The molecule has 0 unspecified atom stereocenters. The molecule has 178 valence electrons. The number of hydrogen-bond donors (Lipinski definition) is 1. The van der Waals surface area contributed by atoms with Gasteiger partial charge in [0.1, 0.15) is 5.60 Å². The van der Waals surface area contributed by atoms with E-state index in [9.17, 15) is 9.59 Å². The van der Waals surface area contributed by atoms with E-state index in [1.165, 1.54) is 26.9 Å². The van der Waals surface area contributed by atoms with Gasteiger partial charge in [0.25, 0.3) is 0 Å². The second-order valence-electron chi connectivity index (χ2n) is 8.80. The van der Waals surface area contributed by atoms with Gasteiger partial charge in [0, 0.05) is 24.4 Å². The minimum Gasteiger partial charge on any atom is -0.493 e. The van der Waals surface area contributed by atoms with E-state index in [1.807, 2.05) is 35.3 Å². The fraction of sp³-hybridized carbons (Fsp3) is 0.385. The number of anilines is 1. The molecule has 0 saturated carbocycles. The summed E-state index contributed by atoms with van der Waals surface area (Å²) in [6.45, 7) is 1.05. The minimum absolute atomic E-state index is 0.0344. The number of nitrogens with one attached hydrogen (secondary N) is 1. The summed E-state index contributed by atoms with van der Waals surface area (Å²) in [5, 5.41) is 2.93. The first kappa shape index (κ1) is 22.3. The number of methoxy groups -OCH3 is 3. The number of amides is 2. The van der Waals surface area contributed by atoms with Crippen LogP contribution in [0.3, 0.4) is 0 Å². The van der Waals surface area contributed by atoms with Crippen LogP contribution < -0.4 is 19.5 Å². The molecule has 0 aromatic heterocycles. The van der Waals surface area contributed by atoms with E-state index in [2.05, 4.69) is 17.4 Å². The van der Waals surface area contributed by atoms with Gasteiger partial charge >= 0.3 is 0 Å². The molecule has 1 spiro atoms. The van der Waals surface area contributed by atoms with Crippen molar-refractivity contribution in [2.24, 2.45) is 11.8 Å². The molecule has 2 aromatic rings. The monoisotopic (exact) mass is 464 g/mol. The van der Waals surface area contributed by atoms with Crippen molar-refractivity contribution in [3.63, 3.8) is 0 Å². The molecular weight excluding hydrogens is 436 g/mol. The lowest BCUT2D eigenvalue weighted by Crippen LogP contribution is -2.41. The fourth-order valence-electron chi connectivity index (χ4n) is 5.35. The van der Waals surface area contributed by atoms with Crippen LogP contribution in [0.4, 0.5) is 5.69 Å². The summed E-state index contributed by atoms with van der Waals surface area (Å²) in [7, 11) is 4.55. The highest BCUT2D eigenvalue weighted by atomic mass is 16.5. The number of fused-ring (bicyclic) bond motifs is 1. The first-order valence-corrected chi connectivity index (χ1v) is 11.3. The maximum atomic E-state index is 13.4. The normalized spacial score (nSPS) is 26.5. The average Bonchev–Trinajstić information content (AvgIpc) is 3.50. The zero-order chi connectivity index (χ0) is 23.9. The van der Waals surface area contributed by atoms with Gasteiger partial charge in [0.05, 0.1) is 45.8 Å². The van der Waals surface area contributed by atoms with Crippen LogP contribution in [0.1, 0.15) is 5.56 Å². The van der Waals surface area contributed by atoms with Crippen LogP contribution in [0.5, 0.6) is 17.2 Å². The van der Waals surface area contributed by atoms with Crippen molar-refractivity contribution in [1.82, 2.24) is 4.90 Å². The molecule has 2 bridgehead atoms. The lowest BCUT2D eigenvalue weighted by atomic mass is 9.77. The van der Waals surface area contributed by atoms with Gasteiger partial charge in [-0.05, 0) is 12.0 Å². The Labute approximate surface area is 198 Å². The zero-order valence-corrected chi connectivity index (χ0v) is 19.4. The number of likely N-dealkylation sites (tertiary alicyclic amines) is 1. The van der Waals surface area contributed by atoms with Gasteiger partial charge in [-0.15, -0.1) is 0 Å². The third-order valence-corrected chi connectivity index (χ3v) is 6.93. The molecule has 0 radical (unpaired) electrons. The molecule has 2 saturated heterocycles. The van der Waals surface area contributed by atoms with Crippen LogP contribution in [0.25, 0.3) is 0 Å². The highest BCUT2D eigenvalue weighted by Crippen LogP contribution is 2.52. The van der Waals surface area contributed by atoms with Crippen molar-refractivity contribution in [2.75, 3.05) is 39.7 Å². The van der Waals surface area contributed by atoms with Gasteiger partial charge in [0.2, 0.25) is 17.6 Å². The second kappa shape index (κ2) is 8.68. The number of carbonyl (C=O) groups excluding carboxylic acids is 2. The molecule has 3 heterocycles. The molecule has 2 aromatic carbocycles. The number of benzene rings is 2. The van der Waals surface area contributed by atoms with Crippen LogP contribution in [0, 0.1) is 11.8 Å². The molecule has 4 atom stereocenters. The largest absolute Gasteiger partial charge is 0.493 e. The Morgan fingerprint density at radius 1 is 1.12 bits per heavy atom. The molecule has 3 aliphatic heterocycles. The Balaban J connectivity index is 1.34. The SMILES string of the molecule is COc1cc(NC(=O)[C@@H]2[C@H]3C=C[C@@]4(CN(CCc5ccccc5)C(=O)[C@@H]24)O3)cc(OC)c1OC. The Kier molecular flexibility index (Phi) is 5.69. The Bertz CT molecular complexity index is 1110. The highest BCUT2D eigenvalue weighted by molar-refractivity contribution is 5.99. The third kappa shape index (κ3) is 3.58. The van der Waals surface area contributed by atoms with E-state index in [0.717, 1.165) is 6.42 Å². The van der Waals surface area contributed by atoms with Crippen molar-refractivity contribution in [3.05, 3.63) is 60.2 Å². The van der Waals surface area contributed by atoms with Gasteiger partial charge in [-0.25, -0.2) is 0 Å². The van der Waals surface area contributed by atoms with Crippen molar-refractivity contribution < 1.29 is 28.5 Å². The summed E-state index contributed by atoms with van der Waals surface area (Å²) in [6, 6.07) is 13.4. The molecular formula is C26H28N2O6. The molecule has 2 amide bonds. The minimum atomic E-state index is -0.740. The average molecular weight is 465 g/mol. The molecule has 8 heteroatoms. The summed E-state index contributed by atoms with van der Waals surface area (Å²) in [5.41, 5.74) is 0.921. The summed E-state index contributed by atoms with van der Waals surface area (Å²) in [5.74, 6) is -0.156. The van der Waals surface area contributed by atoms with Gasteiger partial charge in [-0.1, -0.05) is 42.5 Å². The van der Waals surface area contributed by atoms with E-state index in [-0.39, 0.29) is 11.8 Å². The first-order valence-electron chi connectivity index (χ1n) is 11.3. The Hall–Kier alpha value is -3.52. The zero-order valence-electron chi connectivity index (χ0n) is 19.4. The maximum absolute atomic E-state index is 13.4. The number of rotatable bonds is 8. The molecule has 8 nitrogen and oxygen atoms in total. The number of nitrogens with zero attached hydrogens (tertiary/aromatic N) is 1. The summed E-state index contributed by atoms with van der Waals surface area (Å²) in [4.78, 5) is 28.7. The quantitative estimate of drug-likeness (QED) is 0.605. The molecule has 3 aliphatic rings. The van der Waals surface area contributed by atoms with E-state index >= 15 is 0 Å². The van der Waals surface area contributed by atoms with E-state index in [0.29, 0.717) is 36.0 Å². The summed E-state index contributed by atoms with van der Waals surface area (Å²) < 4.78 is 22.4. The van der Waals surface area contributed by atoms with Gasteiger partial charge in [-0.2, -0.15) is 0 Å². The maximum Gasteiger partial charge on any atom is 0.231 e. The fourth-order valence-corrected chi connectivity index (χ4v) is 5.35. The third-order valence-electron chi connectivity index (χ3n) is 6.93. The van der Waals surface area contributed by atoms with Crippen molar-refractivity contribution in [3.8, 4) is 17.2 Å². The summed E-state index contributed by atoms with van der Waals surface area (Å²) >= 11 is 0. The van der Waals surface area contributed by atoms with Crippen molar-refractivity contribution in [1.29, 1.82) is 0 Å². The molecule has 5 rings (SSSR count). The van der Waals surface area contributed by atoms with E-state index in [1.54, 1.807) is 12.1 Å². The Morgan fingerprint density at radius 2 is 1.82 bits per heavy atom. The van der Waals surface area contributed by atoms with Crippen molar-refractivity contribution in [2.45, 2.75) is 18.1 Å². The Morgan fingerprint density at radius 3 is 2.47 bits per heavy atom. The molecule has 2 fully saturated rings. The second-order valence-corrected chi connectivity index (χ2v) is 8.80. The van der Waals surface area contributed by atoms with Crippen LogP contribution in [-0.2, 0) is 20.7 Å². The lowest BCUT2D eigenvalue weighted by Gasteiger charge is -2.24. The molecule has 34 heavy (non-hydrogen) atoms. The highest BCUT2D eigenvalue weighted by Gasteiger charge is 2.66. The van der Waals surface area contributed by atoms with Crippen LogP contribution in [-0.4, -0.2) is 62.8 Å².